The number of methoxy groups -OCH3 is 1. The first kappa shape index (κ1) is 39.4. The zero-order valence-corrected chi connectivity index (χ0v) is 29.1. The third kappa shape index (κ3) is 8.36. The van der Waals surface area contributed by atoms with Crippen LogP contribution in [0.15, 0.2) is 60.4 Å². The van der Waals surface area contributed by atoms with Gasteiger partial charge in [0.2, 0.25) is 12.0 Å². The standard InChI is InChI=1S/C37H40O18/c1-15-34(55-27(42)8-5-16-3-6-18(38)7-4-16)31(46)33(48)36(51-15)50-14-26-29(44)30(45)32(47)37(54-26)53-25-13-20-21(40)11-19(39)12-23(20)52-35(25)17-9-22(41)28(43)24(10-17)49-2/h3-13,15,26,29-41,43-48H,14H2,1-2H3/b8-5+/t15-,26+,29+,30+,31-,32-,33+,34+,35?,36-,37-/m1/s1. The van der Waals surface area contributed by atoms with Gasteiger partial charge >= 0.3 is 5.97 Å². The number of phenols is 5. The second kappa shape index (κ2) is 16.2. The second-order valence-electron chi connectivity index (χ2n) is 13.0. The SMILES string of the molecule is COc1cc(C2Oc3cc(O)cc(O)c3C=C2O[C@@H]2O[C@@H](CO[C@@H]3O[C@H](C)[C@H](OC(=O)/C=C/c4ccc(O)cc4)[C@H](O)[C@@H]3O)[C@H](O)[C@H](O)[C@H]2O)cc(O)c1O. The van der Waals surface area contributed by atoms with E-state index in [1.54, 1.807) is 12.1 Å². The monoisotopic (exact) mass is 772 g/mol. The Hall–Kier alpha value is -5.31. The number of hydrogen-bond acceptors (Lipinski definition) is 18. The molecular weight excluding hydrogens is 732 g/mol. The largest absolute Gasteiger partial charge is 0.508 e. The lowest BCUT2D eigenvalue weighted by atomic mass is 9.98. The molecule has 0 amide bonds. The third-order valence-corrected chi connectivity index (χ3v) is 9.17. The van der Waals surface area contributed by atoms with Crippen molar-refractivity contribution in [2.24, 2.45) is 0 Å². The molecule has 3 heterocycles. The predicted molar refractivity (Wildman–Crippen MR) is 185 cm³/mol. The molecule has 3 aromatic carbocycles. The topological polar surface area (TPSA) is 284 Å². The molecule has 11 atom stereocenters. The molecule has 2 fully saturated rings. The van der Waals surface area contributed by atoms with Gasteiger partial charge < -0.3 is 84.2 Å². The van der Waals surface area contributed by atoms with Gasteiger partial charge in [-0.2, -0.15) is 0 Å². The number of carbonyl (C=O) groups is 1. The quantitative estimate of drug-likeness (QED) is 0.0768. The summed E-state index contributed by atoms with van der Waals surface area (Å²) in [5, 5.41) is 105. The first-order valence-electron chi connectivity index (χ1n) is 16.9. The molecular formula is C37H40O18. The Labute approximate surface area is 312 Å². The van der Waals surface area contributed by atoms with Gasteiger partial charge in [-0.3, -0.25) is 0 Å². The van der Waals surface area contributed by atoms with E-state index in [0.29, 0.717) is 5.56 Å². The number of esters is 1. The number of aromatic hydroxyl groups is 5. The van der Waals surface area contributed by atoms with E-state index in [0.717, 1.165) is 18.2 Å². The van der Waals surface area contributed by atoms with Crippen molar-refractivity contribution in [1.29, 1.82) is 0 Å². The minimum absolute atomic E-state index is 0.0155. The van der Waals surface area contributed by atoms with E-state index in [1.807, 2.05) is 0 Å². The molecule has 0 spiro atoms. The highest BCUT2D eigenvalue weighted by Gasteiger charge is 2.49. The van der Waals surface area contributed by atoms with Gasteiger partial charge in [-0.05, 0) is 48.9 Å². The average molecular weight is 773 g/mol. The van der Waals surface area contributed by atoms with Gasteiger partial charge in [-0.25, -0.2) is 4.79 Å². The van der Waals surface area contributed by atoms with Crippen molar-refractivity contribution in [3.8, 4) is 40.2 Å². The fraction of sp³-hybridized carbons (Fsp3) is 0.378. The Kier molecular flexibility index (Phi) is 11.6. The normalized spacial score (nSPS) is 30.5. The van der Waals surface area contributed by atoms with Crippen LogP contribution in [0.5, 0.6) is 40.2 Å². The predicted octanol–water partition coefficient (Wildman–Crippen LogP) is 0.630. The zero-order chi connectivity index (χ0) is 39.7. The highest BCUT2D eigenvalue weighted by molar-refractivity contribution is 5.87. The van der Waals surface area contributed by atoms with Gasteiger partial charge in [-0.15, -0.1) is 0 Å². The number of aliphatic hydroxyl groups is 5. The number of aliphatic hydroxyl groups excluding tert-OH is 5. The molecule has 18 heteroatoms. The molecule has 3 aliphatic heterocycles. The molecule has 55 heavy (non-hydrogen) atoms. The smallest absolute Gasteiger partial charge is 0.331 e. The number of ether oxygens (including phenoxy) is 7. The van der Waals surface area contributed by atoms with Crippen LogP contribution in [0.4, 0.5) is 0 Å². The molecule has 0 aromatic heterocycles. The summed E-state index contributed by atoms with van der Waals surface area (Å²) >= 11 is 0. The van der Waals surface area contributed by atoms with E-state index in [2.05, 4.69) is 0 Å². The molecule has 18 nitrogen and oxygen atoms in total. The molecule has 0 aliphatic carbocycles. The van der Waals surface area contributed by atoms with Crippen molar-refractivity contribution in [2.45, 2.75) is 74.4 Å². The molecule has 0 radical (unpaired) electrons. The second-order valence-corrected chi connectivity index (χ2v) is 13.0. The zero-order valence-electron chi connectivity index (χ0n) is 29.1. The number of rotatable bonds is 10. The van der Waals surface area contributed by atoms with Crippen molar-refractivity contribution in [2.75, 3.05) is 13.7 Å². The van der Waals surface area contributed by atoms with E-state index in [9.17, 15) is 55.9 Å². The van der Waals surface area contributed by atoms with Crippen LogP contribution in [-0.4, -0.2) is 132 Å². The minimum atomic E-state index is -1.89. The lowest BCUT2D eigenvalue weighted by Gasteiger charge is -2.43. The molecule has 3 aromatic rings. The summed E-state index contributed by atoms with van der Waals surface area (Å²) < 4.78 is 39.6. The van der Waals surface area contributed by atoms with E-state index in [4.69, 9.17) is 33.2 Å². The van der Waals surface area contributed by atoms with Crippen LogP contribution in [0.3, 0.4) is 0 Å². The highest BCUT2D eigenvalue weighted by Crippen LogP contribution is 2.47. The van der Waals surface area contributed by atoms with Gasteiger partial charge in [-0.1, -0.05) is 12.1 Å². The highest BCUT2D eigenvalue weighted by atomic mass is 16.7. The van der Waals surface area contributed by atoms with Crippen molar-refractivity contribution in [3.05, 3.63) is 77.1 Å². The Morgan fingerprint density at radius 3 is 2.22 bits per heavy atom. The van der Waals surface area contributed by atoms with Gasteiger partial charge in [0, 0.05) is 23.8 Å². The number of benzene rings is 3. The summed E-state index contributed by atoms with van der Waals surface area (Å²) in [6.07, 6.45) is -13.6. The molecule has 10 N–H and O–H groups in total. The molecule has 296 valence electrons. The number of hydrogen-bond donors (Lipinski definition) is 10. The maximum absolute atomic E-state index is 12.5. The molecule has 3 aliphatic rings. The lowest BCUT2D eigenvalue weighted by Crippen LogP contribution is -2.61. The van der Waals surface area contributed by atoms with Gasteiger partial charge in [0.05, 0.1) is 25.4 Å². The lowest BCUT2D eigenvalue weighted by molar-refractivity contribution is -0.325. The molecule has 2 saturated heterocycles. The van der Waals surface area contributed by atoms with Crippen LogP contribution < -0.4 is 9.47 Å². The summed E-state index contributed by atoms with van der Waals surface area (Å²) in [6, 6.07) is 10.7. The fourth-order valence-electron chi connectivity index (χ4n) is 6.20. The molecule has 0 saturated carbocycles. The van der Waals surface area contributed by atoms with Crippen LogP contribution in [0.25, 0.3) is 12.2 Å². The summed E-state index contributed by atoms with van der Waals surface area (Å²) in [5.41, 5.74) is 0.756. The molecule has 1 unspecified atom stereocenters. The first-order valence-corrected chi connectivity index (χ1v) is 16.9. The third-order valence-electron chi connectivity index (χ3n) is 9.17. The van der Waals surface area contributed by atoms with Crippen molar-refractivity contribution >= 4 is 18.1 Å². The van der Waals surface area contributed by atoms with Crippen LogP contribution in [0.1, 0.15) is 29.7 Å². The number of phenolic OH excluding ortho intramolecular Hbond substituents is 5. The summed E-state index contributed by atoms with van der Waals surface area (Å²) in [4.78, 5) is 12.5. The van der Waals surface area contributed by atoms with E-state index in [-0.39, 0.29) is 39.9 Å². The Balaban J connectivity index is 1.15. The van der Waals surface area contributed by atoms with Gasteiger partial charge in [0.15, 0.2) is 30.0 Å². The maximum Gasteiger partial charge on any atom is 0.331 e. The minimum Gasteiger partial charge on any atom is -0.508 e. The van der Waals surface area contributed by atoms with Gasteiger partial charge in [0.25, 0.3) is 0 Å². The fourth-order valence-corrected chi connectivity index (χ4v) is 6.20. The van der Waals surface area contributed by atoms with Crippen LogP contribution >= 0.6 is 0 Å². The first-order chi connectivity index (χ1) is 26.1. The summed E-state index contributed by atoms with van der Waals surface area (Å²) in [7, 11) is 1.24. The van der Waals surface area contributed by atoms with E-state index in [1.165, 1.54) is 50.5 Å². The van der Waals surface area contributed by atoms with Crippen LogP contribution in [0, 0.1) is 0 Å². The van der Waals surface area contributed by atoms with Crippen molar-refractivity contribution in [1.82, 2.24) is 0 Å². The summed E-state index contributed by atoms with van der Waals surface area (Å²) in [5.74, 6) is -3.06. The Morgan fingerprint density at radius 1 is 0.800 bits per heavy atom. The Bertz CT molecular complexity index is 1910. The van der Waals surface area contributed by atoms with E-state index >= 15 is 0 Å². The van der Waals surface area contributed by atoms with Gasteiger partial charge in [0.1, 0.15) is 65.4 Å². The summed E-state index contributed by atoms with van der Waals surface area (Å²) in [6.45, 7) is 0.858. The number of fused-ring (bicyclic) bond motifs is 1. The van der Waals surface area contributed by atoms with Crippen molar-refractivity contribution < 1.29 is 89.0 Å². The van der Waals surface area contributed by atoms with Crippen LogP contribution in [0.2, 0.25) is 0 Å². The number of carbonyl (C=O) groups excluding carboxylic acids is 1. The Morgan fingerprint density at radius 2 is 1.51 bits per heavy atom. The van der Waals surface area contributed by atoms with Crippen molar-refractivity contribution in [3.63, 3.8) is 0 Å². The van der Waals surface area contributed by atoms with Crippen LogP contribution in [-0.2, 0) is 28.5 Å². The molecule has 6 rings (SSSR count). The average Bonchev–Trinajstić information content (AvgIpc) is 3.15. The molecule has 0 bridgehead atoms. The maximum atomic E-state index is 12.5. The van der Waals surface area contributed by atoms with E-state index < -0.39 is 97.3 Å².